The second kappa shape index (κ2) is 8.92. The van der Waals surface area contributed by atoms with Crippen molar-refractivity contribution in [3.8, 4) is 0 Å². The van der Waals surface area contributed by atoms with E-state index in [4.69, 9.17) is 4.74 Å². The van der Waals surface area contributed by atoms with Gasteiger partial charge in [-0.2, -0.15) is 0 Å². The average Bonchev–Trinajstić information content (AvgIpc) is 3.35. The number of hydrogen-bond donors (Lipinski definition) is 0. The van der Waals surface area contributed by atoms with Gasteiger partial charge in [-0.15, -0.1) is 0 Å². The zero-order chi connectivity index (χ0) is 22.0. The predicted octanol–water partition coefficient (Wildman–Crippen LogP) is 4.08. The summed E-state index contributed by atoms with van der Waals surface area (Å²) in [7, 11) is 0. The van der Waals surface area contributed by atoms with Gasteiger partial charge in [-0.3, -0.25) is 14.5 Å². The number of likely N-dealkylation sites (tertiary alicyclic amines) is 2. The number of ketones is 1. The lowest BCUT2D eigenvalue weighted by Gasteiger charge is -2.27. The highest BCUT2D eigenvalue weighted by Gasteiger charge is 2.52. The van der Waals surface area contributed by atoms with E-state index >= 15 is 0 Å². The summed E-state index contributed by atoms with van der Waals surface area (Å²) in [5.41, 5.74) is 1.50. The lowest BCUT2D eigenvalue weighted by molar-refractivity contribution is -0.120. The van der Waals surface area contributed by atoms with E-state index in [-0.39, 0.29) is 30.4 Å². The van der Waals surface area contributed by atoms with Crippen LogP contribution >= 0.6 is 0 Å². The molecule has 2 fully saturated rings. The molecular formula is C25H28N2O4. The fraction of sp³-hybridized carbons (Fsp3) is 0.400. The van der Waals surface area contributed by atoms with Crippen LogP contribution in [0.15, 0.2) is 60.7 Å². The van der Waals surface area contributed by atoms with E-state index in [1.165, 1.54) is 4.90 Å². The van der Waals surface area contributed by atoms with Crippen molar-refractivity contribution in [3.63, 3.8) is 0 Å². The summed E-state index contributed by atoms with van der Waals surface area (Å²) < 4.78 is 5.90. The smallest absolute Gasteiger partial charge is 0.411 e. The van der Waals surface area contributed by atoms with E-state index in [9.17, 15) is 14.4 Å². The Hall–Kier alpha value is -3.15. The highest BCUT2D eigenvalue weighted by atomic mass is 16.6. The molecular weight excluding hydrogens is 392 g/mol. The molecule has 162 valence electrons. The Labute approximate surface area is 182 Å². The van der Waals surface area contributed by atoms with Gasteiger partial charge >= 0.3 is 6.09 Å². The molecule has 0 aromatic heterocycles. The summed E-state index contributed by atoms with van der Waals surface area (Å²) in [6, 6.07) is 17.7. The first-order chi connectivity index (χ1) is 15.0. The number of nitrogens with zero attached hydrogens (tertiary/aromatic N) is 2. The number of carbonyl (C=O) groups excluding carboxylic acids is 3. The largest absolute Gasteiger partial charge is 0.441 e. The minimum Gasteiger partial charge on any atom is -0.441 e. The van der Waals surface area contributed by atoms with Crippen LogP contribution in [0.5, 0.6) is 0 Å². The molecule has 0 bridgehead atoms. The first-order valence-electron chi connectivity index (χ1n) is 10.9. The number of rotatable bonds is 5. The molecule has 2 aromatic carbocycles. The number of benzene rings is 2. The summed E-state index contributed by atoms with van der Waals surface area (Å²) in [6.07, 6.45) is 0.421. The van der Waals surface area contributed by atoms with Crippen molar-refractivity contribution in [2.75, 3.05) is 13.1 Å². The normalized spacial score (nSPS) is 21.3. The minimum atomic E-state index is -0.629. The van der Waals surface area contributed by atoms with Gasteiger partial charge in [0.1, 0.15) is 12.1 Å². The van der Waals surface area contributed by atoms with Crippen molar-refractivity contribution in [1.82, 2.24) is 9.80 Å². The van der Waals surface area contributed by atoms with Crippen molar-refractivity contribution in [2.45, 2.75) is 44.9 Å². The van der Waals surface area contributed by atoms with Gasteiger partial charge in [-0.25, -0.2) is 4.79 Å². The minimum absolute atomic E-state index is 0.0287. The van der Waals surface area contributed by atoms with Crippen LogP contribution in [-0.2, 0) is 9.53 Å². The molecule has 4 rings (SSSR count). The van der Waals surface area contributed by atoms with Crippen LogP contribution in [0.2, 0.25) is 0 Å². The van der Waals surface area contributed by atoms with Crippen LogP contribution in [0.25, 0.3) is 0 Å². The van der Waals surface area contributed by atoms with E-state index in [2.05, 4.69) is 13.8 Å². The zero-order valence-corrected chi connectivity index (χ0v) is 17.9. The first kappa shape index (κ1) is 21.1. The van der Waals surface area contributed by atoms with Gasteiger partial charge in [0.2, 0.25) is 0 Å². The molecule has 1 unspecified atom stereocenters. The molecule has 2 amide bonds. The van der Waals surface area contributed by atoms with Crippen LogP contribution in [0.3, 0.4) is 0 Å². The Morgan fingerprint density at radius 1 is 1.00 bits per heavy atom. The highest BCUT2D eigenvalue weighted by Crippen LogP contribution is 2.33. The number of hydrogen-bond acceptors (Lipinski definition) is 4. The van der Waals surface area contributed by atoms with Crippen molar-refractivity contribution >= 4 is 17.8 Å². The molecule has 2 aromatic rings. The van der Waals surface area contributed by atoms with E-state index < -0.39 is 12.1 Å². The van der Waals surface area contributed by atoms with E-state index in [1.807, 2.05) is 36.4 Å². The molecule has 6 heteroatoms. The van der Waals surface area contributed by atoms with Crippen LogP contribution in [0, 0.1) is 5.92 Å². The standard InChI is InChI=1S/C25H28N2O4/c1-17(2)15-22(18-9-5-3-6-10-18)31-25(30)26-14-13-20-23(26)21(28)16-27(20)24(29)19-11-7-4-8-12-19/h3-12,17,20,22-23H,13-16H2,1-2H3/t20-,22?,23+/m1/s1. The van der Waals surface area contributed by atoms with Gasteiger partial charge in [-0.1, -0.05) is 62.4 Å². The molecule has 2 heterocycles. The number of Topliss-reactive ketones (excluding diaryl/α,β-unsaturated/α-hetero) is 1. The number of fused-ring (bicyclic) bond motifs is 1. The molecule has 0 spiro atoms. The Kier molecular flexibility index (Phi) is 6.07. The quantitative estimate of drug-likeness (QED) is 0.731. The maximum Gasteiger partial charge on any atom is 0.411 e. The molecule has 31 heavy (non-hydrogen) atoms. The van der Waals surface area contributed by atoms with Crippen molar-refractivity contribution < 1.29 is 19.1 Å². The Morgan fingerprint density at radius 2 is 1.65 bits per heavy atom. The van der Waals surface area contributed by atoms with Gasteiger partial charge in [0.15, 0.2) is 5.78 Å². The summed E-state index contributed by atoms with van der Waals surface area (Å²) in [6.45, 7) is 4.61. The SMILES string of the molecule is CC(C)CC(OC(=O)N1CC[C@@H]2[C@H]1C(=O)CN2C(=O)c1ccccc1)c1ccccc1. The lowest BCUT2D eigenvalue weighted by Crippen LogP contribution is -2.44. The summed E-state index contributed by atoms with van der Waals surface area (Å²) in [4.78, 5) is 42.0. The molecule has 0 N–H and O–H groups in total. The molecule has 2 aliphatic heterocycles. The molecule has 0 aliphatic carbocycles. The third-order valence-corrected chi connectivity index (χ3v) is 6.04. The van der Waals surface area contributed by atoms with E-state index in [0.29, 0.717) is 30.9 Å². The maximum atomic E-state index is 13.1. The van der Waals surface area contributed by atoms with Gasteiger partial charge in [0.25, 0.3) is 5.91 Å². The van der Waals surface area contributed by atoms with E-state index in [0.717, 1.165) is 5.56 Å². The molecule has 0 saturated carbocycles. The maximum absolute atomic E-state index is 13.1. The second-order valence-electron chi connectivity index (χ2n) is 8.67. The van der Waals surface area contributed by atoms with Gasteiger partial charge in [0.05, 0.1) is 12.6 Å². The van der Waals surface area contributed by atoms with Gasteiger partial charge in [-0.05, 0) is 36.5 Å². The third-order valence-electron chi connectivity index (χ3n) is 6.04. The Balaban J connectivity index is 1.49. The molecule has 0 radical (unpaired) electrons. The summed E-state index contributed by atoms with van der Waals surface area (Å²) >= 11 is 0. The van der Waals surface area contributed by atoms with Crippen molar-refractivity contribution in [2.24, 2.45) is 5.92 Å². The number of amides is 2. The fourth-order valence-electron chi connectivity index (χ4n) is 4.58. The van der Waals surface area contributed by atoms with E-state index in [1.54, 1.807) is 29.2 Å². The first-order valence-corrected chi connectivity index (χ1v) is 10.9. The third kappa shape index (κ3) is 4.33. The van der Waals surface area contributed by atoms with Crippen LogP contribution in [-0.4, -0.2) is 52.8 Å². The number of carbonyl (C=O) groups is 3. The molecule has 2 saturated heterocycles. The molecule has 3 atom stereocenters. The molecule has 2 aliphatic rings. The highest BCUT2D eigenvalue weighted by molar-refractivity contribution is 6.02. The monoisotopic (exact) mass is 420 g/mol. The lowest BCUT2D eigenvalue weighted by atomic mass is 9.99. The Bertz CT molecular complexity index is 945. The van der Waals surface area contributed by atoms with Gasteiger partial charge in [0, 0.05) is 12.1 Å². The second-order valence-corrected chi connectivity index (χ2v) is 8.67. The topological polar surface area (TPSA) is 66.9 Å². The van der Waals surface area contributed by atoms with Gasteiger partial charge < -0.3 is 9.64 Å². The van der Waals surface area contributed by atoms with Crippen molar-refractivity contribution in [1.29, 1.82) is 0 Å². The van der Waals surface area contributed by atoms with Crippen molar-refractivity contribution in [3.05, 3.63) is 71.8 Å². The van der Waals surface area contributed by atoms with Crippen LogP contribution < -0.4 is 0 Å². The predicted molar refractivity (Wildman–Crippen MR) is 117 cm³/mol. The molecule has 6 nitrogen and oxygen atoms in total. The fourth-order valence-corrected chi connectivity index (χ4v) is 4.58. The van der Waals surface area contributed by atoms with Crippen LogP contribution in [0.1, 0.15) is 48.7 Å². The zero-order valence-electron chi connectivity index (χ0n) is 17.9. The summed E-state index contributed by atoms with van der Waals surface area (Å²) in [5, 5.41) is 0. The Morgan fingerprint density at radius 3 is 2.29 bits per heavy atom. The van der Waals surface area contributed by atoms with Crippen LogP contribution in [0.4, 0.5) is 4.79 Å². The number of ether oxygens (including phenoxy) is 1. The summed E-state index contributed by atoms with van der Waals surface area (Å²) in [5.74, 6) is 0.0684. The average molecular weight is 421 g/mol.